The monoisotopic (exact) mass is 426 g/mol. The van der Waals surface area contributed by atoms with Gasteiger partial charge in [0.1, 0.15) is 0 Å². The minimum Gasteiger partial charge on any atom is -0.493 e. The molecule has 0 heterocycles. The number of hydrogen-bond acceptors (Lipinski definition) is 5. The van der Waals surface area contributed by atoms with E-state index in [1.807, 2.05) is 6.07 Å². The predicted octanol–water partition coefficient (Wildman–Crippen LogP) is 2.64. The third kappa shape index (κ3) is 5.15. The Bertz CT molecular complexity index is 932. The van der Waals surface area contributed by atoms with Crippen molar-refractivity contribution in [2.24, 2.45) is 0 Å². The van der Waals surface area contributed by atoms with Gasteiger partial charge in [0.15, 0.2) is 11.5 Å². The number of benzene rings is 2. The molecule has 0 unspecified atom stereocenters. The minimum absolute atomic E-state index is 0.0785. The molecule has 0 saturated heterocycles. The van der Waals surface area contributed by atoms with Crippen LogP contribution in [0.4, 0.5) is 0 Å². The summed E-state index contributed by atoms with van der Waals surface area (Å²) in [5, 5.41) is 0.437. The molecular weight excluding hydrogens is 404 g/mol. The van der Waals surface area contributed by atoms with Crippen LogP contribution >= 0.6 is 11.6 Å². The first-order chi connectivity index (χ1) is 13.2. The van der Waals surface area contributed by atoms with Crippen LogP contribution in [0.3, 0.4) is 0 Å². The highest BCUT2D eigenvalue weighted by Gasteiger charge is 2.24. The predicted molar refractivity (Wildman–Crippen MR) is 107 cm³/mol. The van der Waals surface area contributed by atoms with Gasteiger partial charge in [-0.05, 0) is 42.0 Å². The lowest BCUT2D eigenvalue weighted by atomic mass is 10.2. The average molecular weight is 427 g/mol. The van der Waals surface area contributed by atoms with Crippen LogP contribution in [-0.4, -0.2) is 58.4 Å². The molecule has 152 valence electrons. The Hall–Kier alpha value is -2.29. The van der Waals surface area contributed by atoms with Crippen LogP contribution in [0.5, 0.6) is 11.5 Å². The summed E-state index contributed by atoms with van der Waals surface area (Å²) >= 11 is 5.80. The standard InChI is InChI=1S/C19H23ClN2O5S/c1-21(12-14-5-10-17(26-3)18(11-14)27-4)19(23)13-22(2)28(24,25)16-8-6-15(20)7-9-16/h5-11H,12-13H2,1-4H3. The van der Waals surface area contributed by atoms with Gasteiger partial charge in [0.05, 0.1) is 25.7 Å². The summed E-state index contributed by atoms with van der Waals surface area (Å²) in [6.07, 6.45) is 0. The number of hydrogen-bond donors (Lipinski definition) is 0. The van der Waals surface area contributed by atoms with Gasteiger partial charge in [0.2, 0.25) is 15.9 Å². The maximum atomic E-state index is 12.6. The highest BCUT2D eigenvalue weighted by Crippen LogP contribution is 2.28. The van der Waals surface area contributed by atoms with E-state index < -0.39 is 10.0 Å². The second-order valence-electron chi connectivity index (χ2n) is 6.15. The smallest absolute Gasteiger partial charge is 0.243 e. The fourth-order valence-corrected chi connectivity index (χ4v) is 3.77. The molecule has 28 heavy (non-hydrogen) atoms. The topological polar surface area (TPSA) is 76.2 Å². The maximum absolute atomic E-state index is 12.6. The zero-order chi connectivity index (χ0) is 20.9. The van der Waals surface area contributed by atoms with Crippen molar-refractivity contribution in [2.75, 3.05) is 34.9 Å². The molecule has 0 aliphatic heterocycles. The summed E-state index contributed by atoms with van der Waals surface area (Å²) in [4.78, 5) is 14.0. The van der Waals surface area contributed by atoms with Gasteiger partial charge in [0, 0.05) is 25.7 Å². The number of ether oxygens (including phenoxy) is 2. The summed E-state index contributed by atoms with van der Waals surface area (Å²) in [5.41, 5.74) is 0.830. The van der Waals surface area contributed by atoms with Crippen molar-refractivity contribution < 1.29 is 22.7 Å². The van der Waals surface area contributed by atoms with Crippen LogP contribution in [0.2, 0.25) is 5.02 Å². The van der Waals surface area contributed by atoms with E-state index in [-0.39, 0.29) is 17.3 Å². The Morgan fingerprint density at radius 2 is 1.61 bits per heavy atom. The summed E-state index contributed by atoms with van der Waals surface area (Å²) in [6, 6.07) is 11.2. The number of rotatable bonds is 8. The Balaban J connectivity index is 2.06. The fraction of sp³-hybridized carbons (Fsp3) is 0.316. The number of amides is 1. The lowest BCUT2D eigenvalue weighted by Crippen LogP contribution is -2.39. The molecule has 7 nitrogen and oxygen atoms in total. The van der Waals surface area contributed by atoms with E-state index in [4.69, 9.17) is 21.1 Å². The van der Waals surface area contributed by atoms with Gasteiger partial charge in [-0.2, -0.15) is 4.31 Å². The second kappa shape index (κ2) is 9.27. The van der Waals surface area contributed by atoms with Crippen LogP contribution in [0.15, 0.2) is 47.4 Å². The molecule has 0 atom stereocenters. The Morgan fingerprint density at radius 3 is 2.18 bits per heavy atom. The SMILES string of the molecule is COc1ccc(CN(C)C(=O)CN(C)S(=O)(=O)c2ccc(Cl)cc2)cc1OC. The van der Waals surface area contributed by atoms with Crippen LogP contribution < -0.4 is 9.47 Å². The number of halogens is 1. The van der Waals surface area contributed by atoms with Crippen molar-refractivity contribution in [1.29, 1.82) is 0 Å². The first-order valence-corrected chi connectivity index (χ1v) is 10.2. The van der Waals surface area contributed by atoms with Crippen molar-refractivity contribution >= 4 is 27.5 Å². The molecule has 0 radical (unpaired) electrons. The fourth-order valence-electron chi connectivity index (χ4n) is 2.52. The Labute approximate surface area is 170 Å². The van der Waals surface area contributed by atoms with Gasteiger partial charge in [-0.25, -0.2) is 8.42 Å². The Morgan fingerprint density at radius 1 is 1.00 bits per heavy atom. The molecular formula is C19H23ClN2O5S. The number of carbonyl (C=O) groups excluding carboxylic acids is 1. The summed E-state index contributed by atoms with van der Waals surface area (Å²) in [7, 11) is 2.27. The minimum atomic E-state index is -3.79. The molecule has 0 saturated carbocycles. The molecule has 0 aromatic heterocycles. The van der Waals surface area contributed by atoms with E-state index in [9.17, 15) is 13.2 Å². The lowest BCUT2D eigenvalue weighted by Gasteiger charge is -2.22. The van der Waals surface area contributed by atoms with Gasteiger partial charge in [-0.1, -0.05) is 17.7 Å². The molecule has 0 aliphatic rings. The molecule has 1 amide bonds. The van der Waals surface area contributed by atoms with E-state index in [0.29, 0.717) is 23.1 Å². The van der Waals surface area contributed by atoms with Crippen molar-refractivity contribution in [3.05, 3.63) is 53.1 Å². The van der Waals surface area contributed by atoms with E-state index in [1.54, 1.807) is 26.3 Å². The molecule has 2 aromatic carbocycles. The first kappa shape index (κ1) is 22.0. The van der Waals surface area contributed by atoms with Gasteiger partial charge in [0.25, 0.3) is 0 Å². The van der Waals surface area contributed by atoms with Gasteiger partial charge in [-0.15, -0.1) is 0 Å². The molecule has 9 heteroatoms. The van der Waals surface area contributed by atoms with E-state index in [0.717, 1.165) is 9.87 Å². The summed E-state index contributed by atoms with van der Waals surface area (Å²) in [6.45, 7) is 0.0166. The summed E-state index contributed by atoms with van der Waals surface area (Å²) < 4.78 is 36.7. The van der Waals surface area contributed by atoms with Crippen LogP contribution in [-0.2, 0) is 21.4 Å². The molecule has 0 fully saturated rings. The van der Waals surface area contributed by atoms with Gasteiger partial charge < -0.3 is 14.4 Å². The Kier molecular flexibility index (Phi) is 7.29. The zero-order valence-electron chi connectivity index (χ0n) is 16.2. The normalized spacial score (nSPS) is 11.4. The number of sulfonamides is 1. The molecule has 0 bridgehead atoms. The highest BCUT2D eigenvalue weighted by atomic mass is 35.5. The van der Waals surface area contributed by atoms with Gasteiger partial charge >= 0.3 is 0 Å². The third-order valence-corrected chi connectivity index (χ3v) is 6.24. The number of nitrogens with zero attached hydrogens (tertiary/aromatic N) is 2. The second-order valence-corrected chi connectivity index (χ2v) is 8.64. The highest BCUT2D eigenvalue weighted by molar-refractivity contribution is 7.89. The molecule has 0 N–H and O–H groups in total. The molecule has 0 aliphatic carbocycles. The number of methoxy groups -OCH3 is 2. The lowest BCUT2D eigenvalue weighted by molar-refractivity contribution is -0.130. The first-order valence-electron chi connectivity index (χ1n) is 8.35. The molecule has 0 spiro atoms. The van der Waals surface area contributed by atoms with Crippen molar-refractivity contribution in [1.82, 2.24) is 9.21 Å². The van der Waals surface area contributed by atoms with Gasteiger partial charge in [-0.3, -0.25) is 4.79 Å². The number of carbonyl (C=O) groups is 1. The van der Waals surface area contributed by atoms with Crippen LogP contribution in [0.1, 0.15) is 5.56 Å². The summed E-state index contributed by atoms with van der Waals surface area (Å²) in [5.74, 6) is 0.812. The van der Waals surface area contributed by atoms with Crippen molar-refractivity contribution in [3.63, 3.8) is 0 Å². The maximum Gasteiger partial charge on any atom is 0.243 e. The molecule has 2 rings (SSSR count). The molecule has 2 aromatic rings. The van der Waals surface area contributed by atoms with Crippen molar-refractivity contribution in [3.8, 4) is 11.5 Å². The van der Waals surface area contributed by atoms with Crippen LogP contribution in [0.25, 0.3) is 0 Å². The number of likely N-dealkylation sites (N-methyl/N-ethyl adjacent to an activating group) is 2. The quantitative estimate of drug-likeness (QED) is 0.648. The third-order valence-electron chi connectivity index (χ3n) is 4.17. The van der Waals surface area contributed by atoms with E-state index in [2.05, 4.69) is 0 Å². The average Bonchev–Trinajstić information content (AvgIpc) is 2.67. The van der Waals surface area contributed by atoms with E-state index in [1.165, 1.54) is 43.3 Å². The van der Waals surface area contributed by atoms with Crippen LogP contribution in [0, 0.1) is 0 Å². The largest absolute Gasteiger partial charge is 0.493 e. The zero-order valence-corrected chi connectivity index (χ0v) is 17.7. The van der Waals surface area contributed by atoms with Crippen molar-refractivity contribution in [2.45, 2.75) is 11.4 Å². The van der Waals surface area contributed by atoms with E-state index >= 15 is 0 Å².